The predicted molar refractivity (Wildman–Crippen MR) is 30.0 cm³/mol. The van der Waals surface area contributed by atoms with Gasteiger partial charge < -0.3 is 10.5 Å². The van der Waals surface area contributed by atoms with Crippen LogP contribution in [0.2, 0.25) is 0 Å². The minimum absolute atomic E-state index is 0.00944. The highest BCUT2D eigenvalue weighted by molar-refractivity contribution is 5.74. The topological polar surface area (TPSA) is 52.3 Å². The van der Waals surface area contributed by atoms with E-state index in [0.29, 0.717) is 13.0 Å². The van der Waals surface area contributed by atoms with Crippen molar-refractivity contribution in [1.82, 2.24) is 0 Å². The molecule has 0 atom stereocenters. The molecule has 0 rings (SSSR count). The van der Waals surface area contributed by atoms with E-state index in [-0.39, 0.29) is 6.61 Å². The lowest BCUT2D eigenvalue weighted by Crippen LogP contribution is -2.18. The van der Waals surface area contributed by atoms with E-state index >= 15 is 0 Å². The fourth-order valence-corrected chi connectivity index (χ4v) is 0.275. The van der Waals surface area contributed by atoms with Gasteiger partial charge in [0.15, 0.2) is 0 Å². The zero-order chi connectivity index (χ0) is 6.41. The Kier molecular flexibility index (Phi) is 4.26. The Morgan fingerprint density at radius 1 is 1.75 bits per heavy atom. The molecular formula is C5H10NO2. The third kappa shape index (κ3) is 5.43. The number of hydrogen-bond acceptors (Lipinski definition) is 2. The largest absolute Gasteiger partial charge is 0.372 e. The Balaban J connectivity index is 2.82. The number of hydrogen-bond donors (Lipinski definition) is 1. The molecule has 1 amide bonds. The molecule has 2 N–H and O–H groups in total. The first-order valence-corrected chi connectivity index (χ1v) is 2.42. The molecule has 3 heteroatoms. The second-order valence-electron chi connectivity index (χ2n) is 1.37. The van der Waals surface area contributed by atoms with E-state index in [1.165, 1.54) is 0 Å². The molecule has 0 aromatic rings. The second-order valence-corrected chi connectivity index (χ2v) is 1.37. The van der Waals surface area contributed by atoms with Crippen LogP contribution in [-0.4, -0.2) is 19.1 Å². The Morgan fingerprint density at radius 2 is 2.38 bits per heavy atom. The van der Waals surface area contributed by atoms with Crippen molar-refractivity contribution in [1.29, 1.82) is 0 Å². The molecular weight excluding hydrogens is 106 g/mol. The van der Waals surface area contributed by atoms with Gasteiger partial charge in [0.2, 0.25) is 5.91 Å². The molecule has 0 aromatic carbocycles. The van der Waals surface area contributed by atoms with Gasteiger partial charge in [-0.15, -0.1) is 0 Å². The molecule has 0 unspecified atom stereocenters. The lowest BCUT2D eigenvalue weighted by atomic mass is 10.5. The number of carbonyl (C=O) groups is 1. The molecule has 0 aliphatic carbocycles. The molecule has 0 bridgehead atoms. The number of ether oxygens (including phenoxy) is 1. The van der Waals surface area contributed by atoms with Crippen molar-refractivity contribution in [3.63, 3.8) is 0 Å². The third-order valence-corrected chi connectivity index (χ3v) is 0.533. The molecule has 0 saturated heterocycles. The summed E-state index contributed by atoms with van der Waals surface area (Å²) in [7, 11) is 0. The molecule has 3 nitrogen and oxygen atoms in total. The van der Waals surface area contributed by atoms with Crippen LogP contribution in [0.3, 0.4) is 0 Å². The Morgan fingerprint density at radius 3 is 2.75 bits per heavy atom. The van der Waals surface area contributed by atoms with Crippen LogP contribution in [0.25, 0.3) is 0 Å². The summed E-state index contributed by atoms with van der Waals surface area (Å²) in [4.78, 5) is 9.95. The van der Waals surface area contributed by atoms with Crippen LogP contribution in [0.1, 0.15) is 6.42 Å². The number of carbonyl (C=O) groups excluding carboxylic acids is 1. The first-order valence-electron chi connectivity index (χ1n) is 2.42. The summed E-state index contributed by atoms with van der Waals surface area (Å²) in [6.07, 6.45) is 0.674. The number of rotatable bonds is 4. The van der Waals surface area contributed by atoms with Crippen molar-refractivity contribution in [3.05, 3.63) is 6.92 Å². The molecule has 0 fully saturated rings. The molecule has 0 spiro atoms. The van der Waals surface area contributed by atoms with Crippen molar-refractivity contribution < 1.29 is 9.53 Å². The van der Waals surface area contributed by atoms with E-state index in [9.17, 15) is 4.79 Å². The molecule has 0 aliphatic heterocycles. The summed E-state index contributed by atoms with van der Waals surface area (Å²) in [5, 5.41) is 0. The maximum absolute atomic E-state index is 9.95. The van der Waals surface area contributed by atoms with E-state index in [1.807, 2.05) is 0 Å². The standard InChI is InChI=1S/C5H10NO2/c1-2-3-8-4-5(6)7/h1-4H2,(H2,6,7). The van der Waals surface area contributed by atoms with Crippen LogP contribution < -0.4 is 5.73 Å². The van der Waals surface area contributed by atoms with Crippen LogP contribution in [-0.2, 0) is 9.53 Å². The molecule has 47 valence electrons. The normalized spacial score (nSPS) is 9.12. The van der Waals surface area contributed by atoms with Gasteiger partial charge in [0, 0.05) is 6.61 Å². The average Bonchev–Trinajstić information content (AvgIpc) is 1.66. The van der Waals surface area contributed by atoms with Gasteiger partial charge in [0.25, 0.3) is 0 Å². The fourth-order valence-electron chi connectivity index (χ4n) is 0.275. The zero-order valence-corrected chi connectivity index (χ0v) is 4.72. The van der Waals surface area contributed by atoms with Crippen LogP contribution >= 0.6 is 0 Å². The van der Waals surface area contributed by atoms with E-state index < -0.39 is 5.91 Å². The third-order valence-electron chi connectivity index (χ3n) is 0.533. The van der Waals surface area contributed by atoms with Crippen molar-refractivity contribution in [3.8, 4) is 0 Å². The molecule has 0 heterocycles. The van der Waals surface area contributed by atoms with Crippen LogP contribution in [0.5, 0.6) is 0 Å². The fraction of sp³-hybridized carbons (Fsp3) is 0.600. The zero-order valence-electron chi connectivity index (χ0n) is 4.72. The van der Waals surface area contributed by atoms with E-state index in [1.54, 1.807) is 0 Å². The van der Waals surface area contributed by atoms with Gasteiger partial charge in [0.05, 0.1) is 0 Å². The maximum Gasteiger partial charge on any atom is 0.243 e. The molecule has 0 saturated carbocycles. The number of nitrogens with two attached hydrogens (primary N) is 1. The van der Waals surface area contributed by atoms with Gasteiger partial charge in [-0.1, -0.05) is 6.92 Å². The summed E-state index contributed by atoms with van der Waals surface area (Å²) >= 11 is 0. The van der Waals surface area contributed by atoms with Crippen LogP contribution in [0.4, 0.5) is 0 Å². The highest BCUT2D eigenvalue weighted by Crippen LogP contribution is 1.76. The van der Waals surface area contributed by atoms with Crippen molar-refractivity contribution in [2.45, 2.75) is 6.42 Å². The van der Waals surface area contributed by atoms with Gasteiger partial charge in [-0.25, -0.2) is 0 Å². The highest BCUT2D eigenvalue weighted by Gasteiger charge is 1.89. The van der Waals surface area contributed by atoms with Gasteiger partial charge in [0.1, 0.15) is 6.61 Å². The van der Waals surface area contributed by atoms with Gasteiger partial charge in [-0.3, -0.25) is 4.79 Å². The molecule has 1 radical (unpaired) electrons. The summed E-state index contributed by atoms with van der Waals surface area (Å²) in [5.74, 6) is -0.432. The lowest BCUT2D eigenvalue weighted by molar-refractivity contribution is -0.122. The minimum Gasteiger partial charge on any atom is -0.372 e. The summed E-state index contributed by atoms with van der Waals surface area (Å²) in [6.45, 7) is 4.02. The molecule has 8 heavy (non-hydrogen) atoms. The average molecular weight is 116 g/mol. The first kappa shape index (κ1) is 7.43. The summed E-state index contributed by atoms with van der Waals surface area (Å²) < 4.78 is 4.71. The Hall–Kier alpha value is -0.570. The van der Waals surface area contributed by atoms with Crippen molar-refractivity contribution in [2.24, 2.45) is 5.73 Å². The lowest BCUT2D eigenvalue weighted by Gasteiger charge is -1.94. The Labute approximate surface area is 48.8 Å². The maximum atomic E-state index is 9.95. The van der Waals surface area contributed by atoms with E-state index in [0.717, 1.165) is 0 Å². The number of primary amides is 1. The SMILES string of the molecule is [CH2]CCOCC(N)=O. The van der Waals surface area contributed by atoms with Gasteiger partial charge in [-0.2, -0.15) is 0 Å². The molecule has 0 aliphatic rings. The van der Waals surface area contributed by atoms with Crippen molar-refractivity contribution >= 4 is 5.91 Å². The quantitative estimate of drug-likeness (QED) is 0.513. The summed E-state index contributed by atoms with van der Waals surface area (Å²) in [6, 6.07) is 0. The van der Waals surface area contributed by atoms with E-state index in [2.05, 4.69) is 6.92 Å². The van der Waals surface area contributed by atoms with E-state index in [4.69, 9.17) is 10.5 Å². The van der Waals surface area contributed by atoms with Gasteiger partial charge >= 0.3 is 0 Å². The molecule has 0 aromatic heterocycles. The smallest absolute Gasteiger partial charge is 0.243 e. The highest BCUT2D eigenvalue weighted by atomic mass is 16.5. The van der Waals surface area contributed by atoms with Crippen LogP contribution in [0, 0.1) is 6.92 Å². The minimum atomic E-state index is -0.432. The van der Waals surface area contributed by atoms with Gasteiger partial charge in [-0.05, 0) is 6.42 Å². The first-order chi connectivity index (χ1) is 3.77. The van der Waals surface area contributed by atoms with Crippen LogP contribution in [0.15, 0.2) is 0 Å². The second kappa shape index (κ2) is 4.59. The predicted octanol–water partition coefficient (Wildman–Crippen LogP) is -0.288. The van der Waals surface area contributed by atoms with Crippen molar-refractivity contribution in [2.75, 3.05) is 13.2 Å². The Bertz CT molecular complexity index is 72.8. The number of amides is 1. The summed E-state index contributed by atoms with van der Waals surface area (Å²) in [5.41, 5.74) is 4.75. The monoisotopic (exact) mass is 116 g/mol.